The number of thiophene rings is 2. The summed E-state index contributed by atoms with van der Waals surface area (Å²) < 4.78 is 7.86. The standard InChI is InChI=1S/C10H12N2O3S2/c11-10(13)12(14)2-3-15-6-7-5-9-8(17-7)1-4-16-9/h1,4-5,14H,2-3,6H2,(H2,11,13). The summed E-state index contributed by atoms with van der Waals surface area (Å²) in [4.78, 5) is 11.6. The maximum Gasteiger partial charge on any atom is 0.338 e. The molecule has 0 fully saturated rings. The van der Waals surface area contributed by atoms with Gasteiger partial charge in [-0.25, -0.2) is 9.86 Å². The van der Waals surface area contributed by atoms with Gasteiger partial charge in [-0.15, -0.1) is 22.7 Å². The molecular weight excluding hydrogens is 260 g/mol. The number of carbonyl (C=O) groups excluding carboxylic acids is 1. The Balaban J connectivity index is 1.75. The third-order valence-electron chi connectivity index (χ3n) is 2.14. The molecule has 2 heterocycles. The van der Waals surface area contributed by atoms with Gasteiger partial charge in [0, 0.05) is 14.3 Å². The van der Waals surface area contributed by atoms with Crippen molar-refractivity contribution in [1.82, 2.24) is 5.06 Å². The highest BCUT2D eigenvalue weighted by Gasteiger charge is 2.06. The molecule has 0 saturated carbocycles. The second kappa shape index (κ2) is 5.46. The van der Waals surface area contributed by atoms with Gasteiger partial charge in [0.05, 0.1) is 19.8 Å². The van der Waals surface area contributed by atoms with Gasteiger partial charge in [-0.3, -0.25) is 5.21 Å². The van der Waals surface area contributed by atoms with Crippen LogP contribution >= 0.6 is 22.7 Å². The Hall–Kier alpha value is -1.15. The van der Waals surface area contributed by atoms with E-state index in [4.69, 9.17) is 15.7 Å². The number of hydroxylamine groups is 2. The summed E-state index contributed by atoms with van der Waals surface area (Å²) in [6.07, 6.45) is 0. The van der Waals surface area contributed by atoms with Crippen molar-refractivity contribution in [3.63, 3.8) is 0 Å². The number of carbonyl (C=O) groups is 1. The van der Waals surface area contributed by atoms with Crippen molar-refractivity contribution in [1.29, 1.82) is 0 Å². The number of amides is 2. The lowest BCUT2D eigenvalue weighted by Crippen LogP contribution is -2.35. The highest BCUT2D eigenvalue weighted by atomic mass is 32.1. The van der Waals surface area contributed by atoms with Crippen molar-refractivity contribution in [2.24, 2.45) is 5.73 Å². The predicted octanol–water partition coefficient (Wildman–Crippen LogP) is 2.25. The third-order valence-corrected chi connectivity index (χ3v) is 4.20. The van der Waals surface area contributed by atoms with Crippen molar-refractivity contribution in [2.75, 3.05) is 13.2 Å². The van der Waals surface area contributed by atoms with Crippen LogP contribution in [-0.2, 0) is 11.3 Å². The Morgan fingerprint density at radius 2 is 2.35 bits per heavy atom. The van der Waals surface area contributed by atoms with E-state index in [9.17, 15) is 4.79 Å². The molecule has 0 atom stereocenters. The van der Waals surface area contributed by atoms with Crippen LogP contribution in [0.25, 0.3) is 9.40 Å². The molecule has 92 valence electrons. The highest BCUT2D eigenvalue weighted by Crippen LogP contribution is 2.30. The van der Waals surface area contributed by atoms with Crippen molar-refractivity contribution in [3.05, 3.63) is 22.4 Å². The summed E-state index contributed by atoms with van der Waals surface area (Å²) in [6.45, 7) is 0.818. The first-order valence-electron chi connectivity index (χ1n) is 4.96. The minimum atomic E-state index is -0.870. The Morgan fingerprint density at radius 1 is 1.53 bits per heavy atom. The Bertz CT molecular complexity index is 480. The number of rotatable bonds is 5. The van der Waals surface area contributed by atoms with E-state index in [0.29, 0.717) is 11.7 Å². The Kier molecular flexibility index (Phi) is 3.95. The van der Waals surface area contributed by atoms with Crippen molar-refractivity contribution in [3.8, 4) is 0 Å². The molecule has 0 aliphatic rings. The largest absolute Gasteiger partial charge is 0.374 e. The van der Waals surface area contributed by atoms with Gasteiger partial charge in [0.1, 0.15) is 0 Å². The van der Waals surface area contributed by atoms with Gasteiger partial charge < -0.3 is 10.5 Å². The highest BCUT2D eigenvalue weighted by molar-refractivity contribution is 7.26. The minimum Gasteiger partial charge on any atom is -0.374 e. The fraction of sp³-hybridized carbons (Fsp3) is 0.300. The molecule has 2 amide bonds. The smallest absolute Gasteiger partial charge is 0.338 e. The second-order valence-electron chi connectivity index (χ2n) is 3.38. The van der Waals surface area contributed by atoms with E-state index < -0.39 is 6.03 Å². The average Bonchev–Trinajstić information content (AvgIpc) is 2.83. The lowest BCUT2D eigenvalue weighted by atomic mass is 10.4. The molecular formula is C10H12N2O3S2. The van der Waals surface area contributed by atoms with Gasteiger partial charge in [0.25, 0.3) is 0 Å². The van der Waals surface area contributed by atoms with Crippen LogP contribution in [-0.4, -0.2) is 29.5 Å². The molecule has 2 aromatic heterocycles. The summed E-state index contributed by atoms with van der Waals surface area (Å²) >= 11 is 3.39. The van der Waals surface area contributed by atoms with Crippen LogP contribution < -0.4 is 5.73 Å². The van der Waals surface area contributed by atoms with E-state index >= 15 is 0 Å². The van der Waals surface area contributed by atoms with Crippen LogP contribution in [0.1, 0.15) is 4.88 Å². The molecule has 0 bridgehead atoms. The summed E-state index contributed by atoms with van der Waals surface area (Å²) in [5.41, 5.74) is 4.85. The lowest BCUT2D eigenvalue weighted by molar-refractivity contribution is -0.0578. The number of fused-ring (bicyclic) bond motifs is 1. The maximum absolute atomic E-state index is 10.5. The Labute approximate surface area is 106 Å². The fourth-order valence-electron chi connectivity index (χ4n) is 1.32. The number of ether oxygens (including phenoxy) is 1. The van der Waals surface area contributed by atoms with Gasteiger partial charge in [0.15, 0.2) is 0 Å². The zero-order chi connectivity index (χ0) is 12.3. The third kappa shape index (κ3) is 3.16. The van der Waals surface area contributed by atoms with Crippen molar-refractivity contribution < 1.29 is 14.7 Å². The molecule has 2 aromatic rings. The molecule has 5 nitrogen and oxygen atoms in total. The normalized spacial score (nSPS) is 10.9. The summed E-state index contributed by atoms with van der Waals surface area (Å²) in [7, 11) is 0. The number of urea groups is 1. The lowest BCUT2D eigenvalue weighted by Gasteiger charge is -2.11. The quantitative estimate of drug-likeness (QED) is 0.498. The average molecular weight is 272 g/mol. The molecule has 0 unspecified atom stereocenters. The first kappa shape index (κ1) is 12.3. The molecule has 0 aliphatic heterocycles. The predicted molar refractivity (Wildman–Crippen MR) is 67.4 cm³/mol. The molecule has 3 N–H and O–H groups in total. The van der Waals surface area contributed by atoms with E-state index in [1.807, 2.05) is 0 Å². The van der Waals surface area contributed by atoms with Gasteiger partial charge in [-0.1, -0.05) is 0 Å². The molecule has 0 saturated heterocycles. The first-order chi connectivity index (χ1) is 8.16. The summed E-state index contributed by atoms with van der Waals surface area (Å²) in [5, 5.41) is 11.5. The topological polar surface area (TPSA) is 75.8 Å². The number of primary amides is 1. The minimum absolute atomic E-state index is 0.0784. The maximum atomic E-state index is 10.5. The second-order valence-corrected chi connectivity index (χ2v) is 5.49. The van der Waals surface area contributed by atoms with E-state index in [1.165, 1.54) is 9.40 Å². The van der Waals surface area contributed by atoms with Crippen LogP contribution in [0, 0.1) is 0 Å². The van der Waals surface area contributed by atoms with Crippen LogP contribution in [0.2, 0.25) is 0 Å². The van der Waals surface area contributed by atoms with Crippen molar-refractivity contribution >= 4 is 38.1 Å². The summed E-state index contributed by atoms with van der Waals surface area (Å²) in [5.74, 6) is 0. The number of hydrogen-bond donors (Lipinski definition) is 2. The molecule has 17 heavy (non-hydrogen) atoms. The van der Waals surface area contributed by atoms with Crippen LogP contribution in [0.4, 0.5) is 4.79 Å². The molecule has 7 heteroatoms. The van der Waals surface area contributed by atoms with Gasteiger partial charge >= 0.3 is 6.03 Å². The molecule has 0 aromatic carbocycles. The zero-order valence-corrected chi connectivity index (χ0v) is 10.6. The van der Waals surface area contributed by atoms with Crippen LogP contribution in [0.15, 0.2) is 17.5 Å². The molecule has 0 radical (unpaired) electrons. The first-order valence-corrected chi connectivity index (χ1v) is 6.66. The molecule has 2 rings (SSSR count). The molecule has 0 spiro atoms. The van der Waals surface area contributed by atoms with E-state index in [-0.39, 0.29) is 13.2 Å². The monoisotopic (exact) mass is 272 g/mol. The van der Waals surface area contributed by atoms with E-state index in [1.54, 1.807) is 22.7 Å². The number of nitrogens with two attached hydrogens (primary N) is 1. The number of nitrogens with zero attached hydrogens (tertiary/aromatic N) is 1. The van der Waals surface area contributed by atoms with Crippen LogP contribution in [0.3, 0.4) is 0 Å². The van der Waals surface area contributed by atoms with Crippen molar-refractivity contribution in [2.45, 2.75) is 6.61 Å². The number of hydrogen-bond acceptors (Lipinski definition) is 5. The Morgan fingerprint density at radius 3 is 3.06 bits per heavy atom. The van der Waals surface area contributed by atoms with Gasteiger partial charge in [-0.05, 0) is 17.5 Å². The summed E-state index contributed by atoms with van der Waals surface area (Å²) in [6, 6.07) is 3.30. The zero-order valence-electron chi connectivity index (χ0n) is 8.96. The van der Waals surface area contributed by atoms with Crippen LogP contribution in [0.5, 0.6) is 0 Å². The van der Waals surface area contributed by atoms with E-state index in [2.05, 4.69) is 17.5 Å². The SMILES string of the molecule is NC(=O)N(O)CCOCc1cc2sccc2s1. The molecule has 0 aliphatic carbocycles. The fourth-order valence-corrected chi connectivity index (χ4v) is 3.39. The van der Waals surface area contributed by atoms with Gasteiger partial charge in [0.2, 0.25) is 0 Å². The van der Waals surface area contributed by atoms with E-state index in [0.717, 1.165) is 4.88 Å². The van der Waals surface area contributed by atoms with Gasteiger partial charge in [-0.2, -0.15) is 0 Å².